The van der Waals surface area contributed by atoms with E-state index < -0.39 is 0 Å². The second kappa shape index (κ2) is 11.4. The Morgan fingerprint density at radius 1 is 1.05 bits per heavy atom. The Labute approximate surface area is 241 Å². The van der Waals surface area contributed by atoms with E-state index in [0.29, 0.717) is 12.6 Å². The van der Waals surface area contributed by atoms with Crippen LogP contribution in [0.5, 0.6) is 5.88 Å². The van der Waals surface area contributed by atoms with Gasteiger partial charge >= 0.3 is 0 Å². The molecule has 1 atom stereocenters. The van der Waals surface area contributed by atoms with Gasteiger partial charge in [-0.3, -0.25) is 14.4 Å². The lowest BCUT2D eigenvalue weighted by atomic mass is 9.96. The maximum atomic E-state index is 12.1. The lowest BCUT2D eigenvalue weighted by Gasteiger charge is -2.33. The van der Waals surface area contributed by atoms with Gasteiger partial charge in [-0.1, -0.05) is 30.3 Å². The number of ketones is 1. The van der Waals surface area contributed by atoms with Gasteiger partial charge in [0.05, 0.1) is 36.3 Å². The van der Waals surface area contributed by atoms with Crippen molar-refractivity contribution in [2.75, 3.05) is 19.7 Å². The molecule has 0 spiro atoms. The highest BCUT2D eigenvalue weighted by Gasteiger charge is 2.30. The molecule has 8 heteroatoms. The van der Waals surface area contributed by atoms with Crippen LogP contribution in [0.25, 0.3) is 11.0 Å². The molecule has 0 amide bonds. The molecule has 8 nitrogen and oxygen atoms in total. The zero-order valence-corrected chi connectivity index (χ0v) is 23.9. The van der Waals surface area contributed by atoms with Gasteiger partial charge in [-0.05, 0) is 75.6 Å². The zero-order chi connectivity index (χ0) is 27.8. The fraction of sp³-hybridized carbons (Fsp3) is 0.485. The predicted octanol–water partition coefficient (Wildman–Crippen LogP) is 5.52. The summed E-state index contributed by atoms with van der Waals surface area (Å²) < 4.78 is 16.7. The molecule has 0 N–H and O–H groups in total. The molecule has 7 rings (SSSR count). The zero-order valence-electron chi connectivity index (χ0n) is 23.9. The van der Waals surface area contributed by atoms with Crippen molar-refractivity contribution in [3.63, 3.8) is 0 Å². The van der Waals surface area contributed by atoms with E-state index >= 15 is 0 Å². The van der Waals surface area contributed by atoms with Crippen molar-refractivity contribution >= 4 is 16.8 Å². The van der Waals surface area contributed by atoms with Crippen LogP contribution < -0.4 is 4.74 Å². The SMILES string of the molecule is CC(=O)c1ccc2nc(CN3CCC(n4nc(OCc5ccccc5)c5c4CCCC5)CC3)n(C[C@@H]3CCO3)c2c1. The molecule has 2 fully saturated rings. The Balaban J connectivity index is 1.06. The third kappa shape index (κ3) is 5.43. The van der Waals surface area contributed by atoms with E-state index in [1.54, 1.807) is 6.92 Å². The van der Waals surface area contributed by atoms with Gasteiger partial charge in [0.1, 0.15) is 12.4 Å². The third-order valence-electron chi connectivity index (χ3n) is 9.07. The Bertz CT molecular complexity index is 1530. The summed E-state index contributed by atoms with van der Waals surface area (Å²) in [6.07, 6.45) is 8.00. The normalized spacial score (nSPS) is 19.7. The average Bonchev–Trinajstić information content (AvgIpc) is 3.52. The van der Waals surface area contributed by atoms with Crippen LogP contribution in [-0.4, -0.2) is 55.8 Å². The molecule has 41 heavy (non-hydrogen) atoms. The summed E-state index contributed by atoms with van der Waals surface area (Å²) in [7, 11) is 0. The van der Waals surface area contributed by atoms with E-state index in [1.165, 1.54) is 29.7 Å². The molecule has 2 aliphatic heterocycles. The summed E-state index contributed by atoms with van der Waals surface area (Å²) in [5, 5.41) is 5.07. The molecular weight excluding hydrogens is 514 g/mol. The highest BCUT2D eigenvalue weighted by atomic mass is 16.5. The molecule has 4 aromatic rings. The second-order valence-corrected chi connectivity index (χ2v) is 11.8. The van der Waals surface area contributed by atoms with Crippen molar-refractivity contribution in [2.24, 2.45) is 0 Å². The largest absolute Gasteiger partial charge is 0.472 e. The lowest BCUT2D eigenvalue weighted by molar-refractivity contribution is -0.0592. The molecule has 4 heterocycles. The van der Waals surface area contributed by atoms with Crippen LogP contribution in [0.15, 0.2) is 48.5 Å². The molecule has 0 radical (unpaired) electrons. The van der Waals surface area contributed by atoms with Gasteiger partial charge in [0, 0.05) is 36.5 Å². The van der Waals surface area contributed by atoms with Crippen LogP contribution in [0.2, 0.25) is 0 Å². The molecular formula is C33H39N5O3. The standard InChI is InChI=1S/C33H39N5O3/c1-23(39)25-11-12-29-31(19-25)37(20-27-15-18-40-27)32(34-29)21-36-16-13-26(14-17-36)38-30-10-6-5-9-28(30)33(35-38)41-22-24-7-3-2-4-8-24/h2-4,7-8,11-12,19,26-27H,5-6,9-10,13-18,20-22H2,1H3/t27-/m0/s1. The monoisotopic (exact) mass is 553 g/mol. The van der Waals surface area contributed by atoms with Gasteiger partial charge in [0.25, 0.3) is 0 Å². The number of hydrogen-bond acceptors (Lipinski definition) is 6. The molecule has 3 aliphatic rings. The highest BCUT2D eigenvalue weighted by Crippen LogP contribution is 2.35. The van der Waals surface area contributed by atoms with Crippen molar-refractivity contribution in [1.82, 2.24) is 24.2 Å². The van der Waals surface area contributed by atoms with E-state index in [-0.39, 0.29) is 11.9 Å². The molecule has 0 bridgehead atoms. The van der Waals surface area contributed by atoms with E-state index in [4.69, 9.17) is 19.6 Å². The average molecular weight is 554 g/mol. The lowest BCUT2D eigenvalue weighted by Crippen LogP contribution is -2.36. The Morgan fingerprint density at radius 2 is 1.85 bits per heavy atom. The van der Waals surface area contributed by atoms with E-state index in [2.05, 4.69) is 38.4 Å². The number of imidazole rings is 1. The Morgan fingerprint density at radius 3 is 2.61 bits per heavy atom. The number of likely N-dealkylation sites (tertiary alicyclic amines) is 1. The number of rotatable bonds is 9. The van der Waals surface area contributed by atoms with Crippen molar-refractivity contribution in [2.45, 2.75) is 83.7 Å². The molecule has 214 valence electrons. The van der Waals surface area contributed by atoms with Gasteiger partial charge in [-0.15, -0.1) is 5.10 Å². The molecule has 2 aromatic heterocycles. The molecule has 0 saturated carbocycles. The maximum absolute atomic E-state index is 12.1. The number of ether oxygens (including phenoxy) is 2. The molecule has 0 unspecified atom stereocenters. The fourth-order valence-corrected chi connectivity index (χ4v) is 6.61. The van der Waals surface area contributed by atoms with E-state index in [0.717, 1.165) is 93.2 Å². The molecule has 2 aromatic carbocycles. The molecule has 2 saturated heterocycles. The Hall–Kier alpha value is -3.49. The van der Waals surface area contributed by atoms with Gasteiger partial charge < -0.3 is 14.0 Å². The quantitative estimate of drug-likeness (QED) is 0.254. The Kier molecular flexibility index (Phi) is 7.35. The first-order valence-electron chi connectivity index (χ1n) is 15.2. The molecule has 1 aliphatic carbocycles. The number of carbonyl (C=O) groups excluding carboxylic acids is 1. The summed E-state index contributed by atoms with van der Waals surface area (Å²) in [4.78, 5) is 19.6. The van der Waals surface area contributed by atoms with Crippen LogP contribution in [0, 0.1) is 0 Å². The number of piperidine rings is 1. The number of benzene rings is 2. The number of fused-ring (bicyclic) bond motifs is 2. The summed E-state index contributed by atoms with van der Waals surface area (Å²) in [5.74, 6) is 1.98. The minimum Gasteiger partial charge on any atom is -0.472 e. The number of nitrogens with zero attached hydrogens (tertiary/aromatic N) is 5. The third-order valence-corrected chi connectivity index (χ3v) is 9.07. The summed E-state index contributed by atoms with van der Waals surface area (Å²) in [6, 6.07) is 16.6. The number of hydrogen-bond donors (Lipinski definition) is 0. The minimum atomic E-state index is 0.0811. The second-order valence-electron chi connectivity index (χ2n) is 11.8. The first kappa shape index (κ1) is 26.4. The van der Waals surface area contributed by atoms with Crippen molar-refractivity contribution in [3.05, 3.63) is 76.7 Å². The first-order valence-corrected chi connectivity index (χ1v) is 15.2. The number of carbonyl (C=O) groups is 1. The predicted molar refractivity (Wildman–Crippen MR) is 157 cm³/mol. The van der Waals surface area contributed by atoms with Gasteiger partial charge in [0.15, 0.2) is 5.78 Å². The van der Waals surface area contributed by atoms with Crippen LogP contribution in [0.3, 0.4) is 0 Å². The van der Waals surface area contributed by atoms with Crippen LogP contribution in [0.4, 0.5) is 0 Å². The van der Waals surface area contributed by atoms with Crippen molar-refractivity contribution in [3.8, 4) is 5.88 Å². The van der Waals surface area contributed by atoms with Crippen LogP contribution >= 0.6 is 0 Å². The summed E-state index contributed by atoms with van der Waals surface area (Å²) in [5.41, 5.74) is 6.60. The van der Waals surface area contributed by atoms with Gasteiger partial charge in [0.2, 0.25) is 5.88 Å². The fourth-order valence-electron chi connectivity index (χ4n) is 6.61. The summed E-state index contributed by atoms with van der Waals surface area (Å²) in [6.45, 7) is 6.60. The summed E-state index contributed by atoms with van der Waals surface area (Å²) >= 11 is 0. The smallest absolute Gasteiger partial charge is 0.236 e. The van der Waals surface area contributed by atoms with Gasteiger partial charge in [-0.2, -0.15) is 0 Å². The maximum Gasteiger partial charge on any atom is 0.236 e. The number of Topliss-reactive ketones (excluding diaryl/α,β-unsaturated/α-hetero) is 1. The number of aromatic nitrogens is 4. The van der Waals surface area contributed by atoms with E-state index in [9.17, 15) is 4.79 Å². The van der Waals surface area contributed by atoms with E-state index in [1.807, 2.05) is 24.3 Å². The highest BCUT2D eigenvalue weighted by molar-refractivity contribution is 5.97. The van der Waals surface area contributed by atoms with Crippen LogP contribution in [0.1, 0.15) is 78.1 Å². The van der Waals surface area contributed by atoms with Gasteiger partial charge in [-0.25, -0.2) is 4.98 Å². The van der Waals surface area contributed by atoms with Crippen molar-refractivity contribution in [1.29, 1.82) is 0 Å². The first-order chi connectivity index (χ1) is 20.1. The van der Waals surface area contributed by atoms with Crippen LogP contribution in [-0.2, 0) is 37.3 Å². The topological polar surface area (TPSA) is 74.4 Å². The van der Waals surface area contributed by atoms with Crippen molar-refractivity contribution < 1.29 is 14.3 Å². The minimum absolute atomic E-state index is 0.0811.